The fraction of sp³-hybridized carbons (Fsp3) is 0.800. The zero-order valence-electron chi connectivity index (χ0n) is 9.08. The second-order valence-electron chi connectivity index (χ2n) is 3.90. The summed E-state index contributed by atoms with van der Waals surface area (Å²) in [6.07, 6.45) is 3.11. The van der Waals surface area contributed by atoms with Crippen LogP contribution in [-0.2, 0) is 9.59 Å². The first kappa shape index (κ1) is 12.0. The average Bonchev–Trinajstić information content (AvgIpc) is 3.00. The Kier molecular flexibility index (Phi) is 4.55. The van der Waals surface area contributed by atoms with E-state index in [1.807, 2.05) is 6.92 Å². The van der Waals surface area contributed by atoms with E-state index in [0.29, 0.717) is 25.4 Å². The standard InChI is InChI=1S/C10H19N3O2/c1-2-8(11)10(15)12-6-5-9(14)13-7-3-4-7/h7-8H,2-6,11H2,1H3,(H,12,15)(H,13,14)/t8-/m1/s1. The average molecular weight is 213 g/mol. The van der Waals surface area contributed by atoms with Gasteiger partial charge in [-0.05, 0) is 19.3 Å². The van der Waals surface area contributed by atoms with E-state index in [9.17, 15) is 9.59 Å². The lowest BCUT2D eigenvalue weighted by Gasteiger charge is -2.09. The van der Waals surface area contributed by atoms with E-state index in [2.05, 4.69) is 10.6 Å². The molecule has 5 nitrogen and oxygen atoms in total. The molecule has 1 rings (SSSR count). The second kappa shape index (κ2) is 5.70. The maximum atomic E-state index is 11.2. The molecule has 1 saturated carbocycles. The Hall–Kier alpha value is -1.10. The number of nitrogens with two attached hydrogens (primary N) is 1. The minimum atomic E-state index is -0.462. The van der Waals surface area contributed by atoms with E-state index >= 15 is 0 Å². The highest BCUT2D eigenvalue weighted by molar-refractivity contribution is 5.82. The van der Waals surface area contributed by atoms with Crippen LogP contribution in [0, 0.1) is 0 Å². The van der Waals surface area contributed by atoms with Gasteiger partial charge in [-0.3, -0.25) is 9.59 Å². The van der Waals surface area contributed by atoms with Crippen LogP contribution in [0.3, 0.4) is 0 Å². The summed E-state index contributed by atoms with van der Waals surface area (Å²) >= 11 is 0. The van der Waals surface area contributed by atoms with Crippen LogP contribution in [0.25, 0.3) is 0 Å². The largest absolute Gasteiger partial charge is 0.354 e. The fourth-order valence-electron chi connectivity index (χ4n) is 1.14. The van der Waals surface area contributed by atoms with Crippen molar-refractivity contribution < 1.29 is 9.59 Å². The fourth-order valence-corrected chi connectivity index (χ4v) is 1.14. The van der Waals surface area contributed by atoms with Gasteiger partial charge in [0.1, 0.15) is 0 Å². The SMILES string of the molecule is CC[C@@H](N)C(=O)NCCC(=O)NC1CC1. The molecule has 1 atom stereocenters. The predicted molar refractivity (Wildman–Crippen MR) is 57.1 cm³/mol. The zero-order chi connectivity index (χ0) is 11.3. The Morgan fingerprint density at radius 1 is 1.47 bits per heavy atom. The van der Waals surface area contributed by atoms with Gasteiger partial charge in [0.2, 0.25) is 11.8 Å². The van der Waals surface area contributed by atoms with Crippen LogP contribution >= 0.6 is 0 Å². The van der Waals surface area contributed by atoms with Crippen molar-refractivity contribution in [2.45, 2.75) is 44.7 Å². The maximum absolute atomic E-state index is 11.2. The van der Waals surface area contributed by atoms with Crippen LogP contribution in [-0.4, -0.2) is 30.4 Å². The molecular weight excluding hydrogens is 194 g/mol. The van der Waals surface area contributed by atoms with Crippen LogP contribution in [0.2, 0.25) is 0 Å². The Morgan fingerprint density at radius 2 is 2.13 bits per heavy atom. The topological polar surface area (TPSA) is 84.2 Å². The number of carbonyl (C=O) groups excluding carboxylic acids is 2. The lowest BCUT2D eigenvalue weighted by molar-refractivity contribution is -0.123. The molecule has 86 valence electrons. The molecule has 0 aromatic heterocycles. The molecule has 0 aromatic rings. The van der Waals surface area contributed by atoms with Gasteiger partial charge >= 0.3 is 0 Å². The van der Waals surface area contributed by atoms with Gasteiger partial charge in [0.05, 0.1) is 6.04 Å². The van der Waals surface area contributed by atoms with E-state index < -0.39 is 6.04 Å². The number of carbonyl (C=O) groups is 2. The van der Waals surface area contributed by atoms with Crippen molar-refractivity contribution in [2.24, 2.45) is 5.73 Å². The highest BCUT2D eigenvalue weighted by atomic mass is 16.2. The third-order valence-corrected chi connectivity index (χ3v) is 2.37. The summed E-state index contributed by atoms with van der Waals surface area (Å²) in [5, 5.41) is 5.48. The van der Waals surface area contributed by atoms with Crippen LogP contribution in [0.15, 0.2) is 0 Å². The van der Waals surface area contributed by atoms with Crippen LogP contribution in [0.4, 0.5) is 0 Å². The third kappa shape index (κ3) is 4.78. The molecule has 0 aliphatic heterocycles. The number of nitrogens with one attached hydrogen (secondary N) is 2. The van der Waals surface area contributed by atoms with Crippen LogP contribution < -0.4 is 16.4 Å². The van der Waals surface area contributed by atoms with E-state index in [1.54, 1.807) is 0 Å². The summed E-state index contributed by atoms with van der Waals surface area (Å²) < 4.78 is 0. The van der Waals surface area contributed by atoms with Gasteiger partial charge in [-0.1, -0.05) is 6.92 Å². The van der Waals surface area contributed by atoms with E-state index in [4.69, 9.17) is 5.73 Å². The minimum Gasteiger partial charge on any atom is -0.354 e. The molecule has 4 N–H and O–H groups in total. The molecule has 0 saturated heterocycles. The summed E-state index contributed by atoms with van der Waals surface area (Å²) in [5.74, 6) is -0.181. The molecule has 5 heteroatoms. The Labute approximate surface area is 89.8 Å². The summed E-state index contributed by atoms with van der Waals surface area (Å²) in [6, 6.07) is -0.0809. The number of hydrogen-bond acceptors (Lipinski definition) is 3. The smallest absolute Gasteiger partial charge is 0.236 e. The molecule has 15 heavy (non-hydrogen) atoms. The van der Waals surface area contributed by atoms with Gasteiger partial charge in [-0.25, -0.2) is 0 Å². The van der Waals surface area contributed by atoms with E-state index in [0.717, 1.165) is 12.8 Å². The summed E-state index contributed by atoms with van der Waals surface area (Å²) in [5.41, 5.74) is 5.51. The van der Waals surface area contributed by atoms with Gasteiger partial charge in [-0.2, -0.15) is 0 Å². The van der Waals surface area contributed by atoms with Crippen molar-refractivity contribution >= 4 is 11.8 Å². The monoisotopic (exact) mass is 213 g/mol. The highest BCUT2D eigenvalue weighted by Gasteiger charge is 2.22. The van der Waals surface area contributed by atoms with Crippen molar-refractivity contribution in [3.05, 3.63) is 0 Å². The Balaban J connectivity index is 2.04. The van der Waals surface area contributed by atoms with Gasteiger partial charge in [-0.15, -0.1) is 0 Å². The number of rotatable bonds is 6. The first-order valence-electron chi connectivity index (χ1n) is 5.46. The predicted octanol–water partition coefficient (Wildman–Crippen LogP) is -0.491. The third-order valence-electron chi connectivity index (χ3n) is 2.37. The highest BCUT2D eigenvalue weighted by Crippen LogP contribution is 2.18. The lowest BCUT2D eigenvalue weighted by atomic mass is 10.2. The quantitative estimate of drug-likeness (QED) is 0.556. The maximum Gasteiger partial charge on any atom is 0.236 e. The van der Waals surface area contributed by atoms with Crippen molar-refractivity contribution in [2.75, 3.05) is 6.54 Å². The number of amides is 2. The van der Waals surface area contributed by atoms with Crippen LogP contribution in [0.1, 0.15) is 32.6 Å². The molecule has 1 fully saturated rings. The van der Waals surface area contributed by atoms with Crippen molar-refractivity contribution in [3.8, 4) is 0 Å². The molecule has 0 spiro atoms. The van der Waals surface area contributed by atoms with Crippen LogP contribution in [0.5, 0.6) is 0 Å². The summed E-state index contributed by atoms with van der Waals surface area (Å²) in [6.45, 7) is 2.22. The molecule has 0 radical (unpaired) electrons. The Bertz CT molecular complexity index is 239. The lowest BCUT2D eigenvalue weighted by Crippen LogP contribution is -2.41. The molecule has 0 bridgehead atoms. The molecule has 1 aliphatic rings. The Morgan fingerprint density at radius 3 is 2.67 bits per heavy atom. The van der Waals surface area contributed by atoms with Gasteiger partial charge in [0.25, 0.3) is 0 Å². The molecule has 0 unspecified atom stereocenters. The molecular formula is C10H19N3O2. The molecule has 0 aromatic carbocycles. The zero-order valence-corrected chi connectivity index (χ0v) is 9.08. The van der Waals surface area contributed by atoms with Crippen molar-refractivity contribution in [1.82, 2.24) is 10.6 Å². The van der Waals surface area contributed by atoms with Gasteiger partial charge in [0.15, 0.2) is 0 Å². The summed E-state index contributed by atoms with van der Waals surface area (Å²) in [4.78, 5) is 22.4. The minimum absolute atomic E-state index is 0.00266. The molecule has 2 amide bonds. The van der Waals surface area contributed by atoms with Crippen molar-refractivity contribution in [1.29, 1.82) is 0 Å². The summed E-state index contributed by atoms with van der Waals surface area (Å²) in [7, 11) is 0. The second-order valence-corrected chi connectivity index (χ2v) is 3.90. The van der Waals surface area contributed by atoms with Crippen molar-refractivity contribution in [3.63, 3.8) is 0 Å². The number of hydrogen-bond donors (Lipinski definition) is 3. The molecule has 1 aliphatic carbocycles. The normalized spacial score (nSPS) is 16.9. The van der Waals surface area contributed by atoms with Gasteiger partial charge < -0.3 is 16.4 Å². The van der Waals surface area contributed by atoms with E-state index in [1.165, 1.54) is 0 Å². The molecule has 0 heterocycles. The van der Waals surface area contributed by atoms with Gasteiger partial charge in [0, 0.05) is 19.0 Å². The first-order chi connectivity index (χ1) is 7.13. The first-order valence-corrected chi connectivity index (χ1v) is 5.46. The van der Waals surface area contributed by atoms with E-state index in [-0.39, 0.29) is 11.8 Å².